The van der Waals surface area contributed by atoms with E-state index in [-0.39, 0.29) is 5.91 Å². The number of fused-ring (bicyclic) bond motifs is 1. The zero-order valence-corrected chi connectivity index (χ0v) is 13.6. The van der Waals surface area contributed by atoms with E-state index in [1.807, 2.05) is 41.1 Å². The summed E-state index contributed by atoms with van der Waals surface area (Å²) in [5.74, 6) is 0.483. The van der Waals surface area contributed by atoms with Crippen molar-refractivity contribution in [2.24, 2.45) is 0 Å². The molecule has 0 saturated carbocycles. The minimum Gasteiger partial charge on any atom is -0.472 e. The largest absolute Gasteiger partial charge is 0.472 e. The highest BCUT2D eigenvalue weighted by atomic mass is 16.5. The van der Waals surface area contributed by atoms with Gasteiger partial charge < -0.3 is 9.64 Å². The highest BCUT2D eigenvalue weighted by Gasteiger charge is 2.24. The van der Waals surface area contributed by atoms with Crippen LogP contribution in [0.15, 0.2) is 55.0 Å². The van der Waals surface area contributed by atoms with E-state index in [4.69, 9.17) is 4.74 Å². The number of benzene rings is 1. The fourth-order valence-corrected chi connectivity index (χ4v) is 2.79. The Hall–Kier alpha value is -3.22. The Balaban J connectivity index is 1.43. The van der Waals surface area contributed by atoms with Crippen molar-refractivity contribution >= 4 is 5.91 Å². The number of ether oxygens (including phenoxy) is 1. The Kier molecular flexibility index (Phi) is 4.12. The number of rotatable bonds is 4. The van der Waals surface area contributed by atoms with Crippen LogP contribution in [0.4, 0.5) is 0 Å². The topological polar surface area (TPSA) is 73.1 Å². The maximum absolute atomic E-state index is 12.5. The van der Waals surface area contributed by atoms with E-state index in [0.717, 1.165) is 11.3 Å². The van der Waals surface area contributed by atoms with Gasteiger partial charge in [-0.1, -0.05) is 30.3 Å². The fourth-order valence-electron chi connectivity index (χ4n) is 2.79. The summed E-state index contributed by atoms with van der Waals surface area (Å²) in [7, 11) is 0. The van der Waals surface area contributed by atoms with Gasteiger partial charge in [-0.15, -0.1) is 5.10 Å². The molecular weight excluding hydrogens is 318 g/mol. The second kappa shape index (κ2) is 6.72. The Bertz CT molecular complexity index is 864. The summed E-state index contributed by atoms with van der Waals surface area (Å²) >= 11 is 0. The van der Waals surface area contributed by atoms with Crippen molar-refractivity contribution in [3.8, 4) is 5.88 Å². The molecule has 0 spiro atoms. The van der Waals surface area contributed by atoms with E-state index in [9.17, 15) is 4.79 Å². The van der Waals surface area contributed by atoms with Gasteiger partial charge in [-0.3, -0.25) is 9.48 Å². The average Bonchev–Trinajstić information content (AvgIpc) is 3.09. The molecule has 0 bridgehead atoms. The maximum atomic E-state index is 12.5. The van der Waals surface area contributed by atoms with Gasteiger partial charge in [0.15, 0.2) is 0 Å². The van der Waals surface area contributed by atoms with Gasteiger partial charge in [0, 0.05) is 18.8 Å². The van der Waals surface area contributed by atoms with Crippen molar-refractivity contribution in [3.05, 3.63) is 71.9 Å². The molecule has 7 nitrogen and oxygen atoms in total. The quantitative estimate of drug-likeness (QED) is 0.728. The summed E-state index contributed by atoms with van der Waals surface area (Å²) in [5, 5.41) is 4.46. The van der Waals surface area contributed by atoms with Crippen molar-refractivity contribution < 1.29 is 9.53 Å². The molecule has 126 valence electrons. The zero-order chi connectivity index (χ0) is 17.1. The third-order valence-corrected chi connectivity index (χ3v) is 4.09. The van der Waals surface area contributed by atoms with Gasteiger partial charge in [-0.25, -0.2) is 9.97 Å². The molecule has 0 fully saturated rings. The molecule has 1 amide bonds. The van der Waals surface area contributed by atoms with Crippen LogP contribution >= 0.6 is 0 Å². The summed E-state index contributed by atoms with van der Waals surface area (Å²) in [4.78, 5) is 22.1. The molecular formula is C18H17N5O2. The molecule has 3 heterocycles. The second-order valence-electron chi connectivity index (χ2n) is 5.79. The molecule has 3 aromatic rings. The number of carbonyl (C=O) groups is 1. The van der Waals surface area contributed by atoms with Gasteiger partial charge in [-0.2, -0.15) is 0 Å². The Morgan fingerprint density at radius 3 is 2.84 bits per heavy atom. The van der Waals surface area contributed by atoms with Gasteiger partial charge in [0.25, 0.3) is 5.91 Å². The SMILES string of the molecule is O=C(c1ccncn1)N1CCn2nc(OCc3ccccc3)cc2C1. The van der Waals surface area contributed by atoms with Crippen molar-refractivity contribution in [2.45, 2.75) is 19.7 Å². The lowest BCUT2D eigenvalue weighted by atomic mass is 10.2. The van der Waals surface area contributed by atoms with Crippen molar-refractivity contribution in [3.63, 3.8) is 0 Å². The van der Waals surface area contributed by atoms with E-state index < -0.39 is 0 Å². The minimum absolute atomic E-state index is 0.0957. The van der Waals surface area contributed by atoms with E-state index >= 15 is 0 Å². The molecule has 25 heavy (non-hydrogen) atoms. The number of hydrogen-bond donors (Lipinski definition) is 0. The number of aromatic nitrogens is 4. The fraction of sp³-hybridized carbons (Fsp3) is 0.222. The van der Waals surface area contributed by atoms with Gasteiger partial charge >= 0.3 is 0 Å². The summed E-state index contributed by atoms with van der Waals surface area (Å²) in [6, 6.07) is 13.5. The Labute approximate surface area is 144 Å². The minimum atomic E-state index is -0.0957. The number of nitrogens with zero attached hydrogens (tertiary/aromatic N) is 5. The maximum Gasteiger partial charge on any atom is 0.272 e. The number of hydrogen-bond acceptors (Lipinski definition) is 5. The molecule has 1 aromatic carbocycles. The number of carbonyl (C=O) groups excluding carboxylic acids is 1. The molecule has 0 radical (unpaired) electrons. The lowest BCUT2D eigenvalue weighted by Gasteiger charge is -2.27. The van der Waals surface area contributed by atoms with Crippen LogP contribution in [0.3, 0.4) is 0 Å². The first kappa shape index (κ1) is 15.3. The summed E-state index contributed by atoms with van der Waals surface area (Å²) in [5.41, 5.74) is 2.45. The molecule has 0 aliphatic carbocycles. The van der Waals surface area contributed by atoms with Crippen LogP contribution in [0.25, 0.3) is 0 Å². The molecule has 4 rings (SSSR count). The molecule has 0 atom stereocenters. The standard InChI is InChI=1S/C18H17N5O2/c24-18(16-6-7-19-13-20-16)22-8-9-23-15(11-22)10-17(21-23)25-12-14-4-2-1-3-5-14/h1-7,10,13H,8-9,11-12H2. The predicted molar refractivity (Wildman–Crippen MR) is 89.8 cm³/mol. The second-order valence-corrected chi connectivity index (χ2v) is 5.79. The molecule has 1 aliphatic rings. The number of amides is 1. The lowest BCUT2D eigenvalue weighted by Crippen LogP contribution is -2.38. The molecule has 0 saturated heterocycles. The van der Waals surface area contributed by atoms with Crippen LogP contribution < -0.4 is 4.74 Å². The van der Waals surface area contributed by atoms with Crippen molar-refractivity contribution in [1.29, 1.82) is 0 Å². The van der Waals surface area contributed by atoms with Crippen LogP contribution in [0.2, 0.25) is 0 Å². The van der Waals surface area contributed by atoms with Gasteiger partial charge in [0.1, 0.15) is 18.6 Å². The van der Waals surface area contributed by atoms with E-state index in [2.05, 4.69) is 15.1 Å². The van der Waals surface area contributed by atoms with E-state index in [0.29, 0.717) is 37.8 Å². The van der Waals surface area contributed by atoms with Crippen LogP contribution in [0.1, 0.15) is 21.7 Å². The van der Waals surface area contributed by atoms with Gasteiger partial charge in [-0.05, 0) is 11.6 Å². The van der Waals surface area contributed by atoms with Crippen LogP contribution in [0.5, 0.6) is 5.88 Å². The van der Waals surface area contributed by atoms with Crippen molar-refractivity contribution in [1.82, 2.24) is 24.6 Å². The summed E-state index contributed by atoms with van der Waals surface area (Å²) in [6.45, 7) is 2.20. The van der Waals surface area contributed by atoms with E-state index in [1.54, 1.807) is 17.2 Å². The molecule has 1 aliphatic heterocycles. The van der Waals surface area contributed by atoms with Crippen LogP contribution in [-0.4, -0.2) is 37.1 Å². The summed E-state index contributed by atoms with van der Waals surface area (Å²) < 4.78 is 7.66. The first-order valence-corrected chi connectivity index (χ1v) is 8.08. The first-order valence-electron chi connectivity index (χ1n) is 8.08. The third kappa shape index (κ3) is 3.35. The van der Waals surface area contributed by atoms with Gasteiger partial charge in [0.05, 0.1) is 18.8 Å². The average molecular weight is 335 g/mol. The smallest absolute Gasteiger partial charge is 0.272 e. The highest BCUT2D eigenvalue weighted by molar-refractivity contribution is 5.92. The highest BCUT2D eigenvalue weighted by Crippen LogP contribution is 2.20. The third-order valence-electron chi connectivity index (χ3n) is 4.09. The van der Waals surface area contributed by atoms with E-state index in [1.165, 1.54) is 6.33 Å². The Morgan fingerprint density at radius 1 is 1.16 bits per heavy atom. The van der Waals surface area contributed by atoms with Crippen LogP contribution in [-0.2, 0) is 19.7 Å². The van der Waals surface area contributed by atoms with Crippen LogP contribution in [0, 0.1) is 0 Å². The molecule has 0 N–H and O–H groups in total. The molecule has 0 unspecified atom stereocenters. The Morgan fingerprint density at radius 2 is 2.04 bits per heavy atom. The van der Waals surface area contributed by atoms with Gasteiger partial charge in [0.2, 0.25) is 5.88 Å². The molecule has 2 aromatic heterocycles. The predicted octanol–water partition coefficient (Wildman–Crippen LogP) is 1.91. The summed E-state index contributed by atoms with van der Waals surface area (Å²) in [6.07, 6.45) is 2.96. The lowest BCUT2D eigenvalue weighted by molar-refractivity contribution is 0.0699. The zero-order valence-electron chi connectivity index (χ0n) is 13.6. The normalized spacial score (nSPS) is 13.4. The monoisotopic (exact) mass is 335 g/mol. The van der Waals surface area contributed by atoms with Crippen molar-refractivity contribution in [2.75, 3.05) is 6.54 Å². The first-order chi connectivity index (χ1) is 12.3. The molecule has 7 heteroatoms.